The molecule has 0 fully saturated rings. The van der Waals surface area contributed by atoms with Crippen LogP contribution in [0.3, 0.4) is 0 Å². The second-order valence-corrected chi connectivity index (χ2v) is 3.09. The van der Waals surface area contributed by atoms with Gasteiger partial charge < -0.3 is 9.64 Å². The summed E-state index contributed by atoms with van der Waals surface area (Å²) in [7, 11) is 1.99. The molecule has 0 radical (unpaired) electrons. The molecule has 3 nitrogen and oxygen atoms in total. The van der Waals surface area contributed by atoms with E-state index in [0.29, 0.717) is 0 Å². The Morgan fingerprint density at radius 2 is 2.00 bits per heavy atom. The molecule has 0 bridgehead atoms. The second-order valence-electron chi connectivity index (χ2n) is 3.09. The highest BCUT2D eigenvalue weighted by Gasteiger charge is 2.08. The van der Waals surface area contributed by atoms with Gasteiger partial charge >= 0.3 is 0 Å². The molecule has 78 valence electrons. The lowest BCUT2D eigenvalue weighted by Gasteiger charge is -2.21. The van der Waals surface area contributed by atoms with Crippen molar-refractivity contribution in [1.82, 2.24) is 4.90 Å². The van der Waals surface area contributed by atoms with Gasteiger partial charge in [-0.2, -0.15) is 0 Å². The summed E-state index contributed by atoms with van der Waals surface area (Å²) in [5, 5.41) is 0. The van der Waals surface area contributed by atoms with E-state index in [1.54, 1.807) is 0 Å². The summed E-state index contributed by atoms with van der Waals surface area (Å²) in [6.45, 7) is 9.03. The highest BCUT2D eigenvalue weighted by molar-refractivity contribution is 5.73. The lowest BCUT2D eigenvalue weighted by atomic mass is 10.4. The van der Waals surface area contributed by atoms with Crippen LogP contribution in [0.25, 0.3) is 0 Å². The molecule has 13 heavy (non-hydrogen) atoms. The average molecular weight is 186 g/mol. The Balaban J connectivity index is 0.000000424. The Kier molecular flexibility index (Phi) is 7.45. The summed E-state index contributed by atoms with van der Waals surface area (Å²) < 4.78 is 5.31. The van der Waals surface area contributed by atoms with Crippen molar-refractivity contribution in [1.29, 1.82) is 0 Å². The van der Waals surface area contributed by atoms with Crippen LogP contribution in [-0.2, 0) is 4.74 Å². The van der Waals surface area contributed by atoms with Crippen molar-refractivity contribution >= 4 is 6.02 Å². The van der Waals surface area contributed by atoms with Crippen molar-refractivity contribution < 1.29 is 4.74 Å². The third kappa shape index (κ3) is 5.50. The van der Waals surface area contributed by atoms with Gasteiger partial charge in [0.05, 0.1) is 6.61 Å². The van der Waals surface area contributed by atoms with Crippen LogP contribution < -0.4 is 0 Å². The van der Waals surface area contributed by atoms with E-state index < -0.39 is 0 Å². The predicted octanol–water partition coefficient (Wildman–Crippen LogP) is 2.13. The molecule has 0 aromatic carbocycles. The molecule has 0 unspecified atom stereocenters. The zero-order chi connectivity index (χ0) is 10.1. The maximum absolute atomic E-state index is 5.31. The molecule has 0 spiro atoms. The molecule has 1 aliphatic rings. The van der Waals surface area contributed by atoms with Gasteiger partial charge in [0, 0.05) is 26.6 Å². The van der Waals surface area contributed by atoms with E-state index in [1.165, 1.54) is 6.42 Å². The van der Waals surface area contributed by atoms with Gasteiger partial charge in [-0.1, -0.05) is 20.3 Å². The van der Waals surface area contributed by atoms with E-state index in [4.69, 9.17) is 4.74 Å². The summed E-state index contributed by atoms with van der Waals surface area (Å²) in [5.74, 6) is 0. The van der Waals surface area contributed by atoms with Gasteiger partial charge in [-0.25, -0.2) is 4.99 Å². The smallest absolute Gasteiger partial charge is 0.287 e. The summed E-state index contributed by atoms with van der Waals surface area (Å²) in [6, 6.07) is 0.800. The topological polar surface area (TPSA) is 24.8 Å². The highest BCUT2D eigenvalue weighted by Crippen LogP contribution is 1.99. The quantitative estimate of drug-likeness (QED) is 0.626. The van der Waals surface area contributed by atoms with E-state index >= 15 is 0 Å². The Bertz CT molecular complexity index is 146. The van der Waals surface area contributed by atoms with Gasteiger partial charge in [-0.05, 0) is 6.92 Å². The minimum absolute atomic E-state index is 0.800. The SMILES string of the molecule is CCC.CCN(C)C1=NCCCO1. The molecule has 0 aromatic heterocycles. The monoisotopic (exact) mass is 186 g/mol. The predicted molar refractivity (Wildman–Crippen MR) is 57.1 cm³/mol. The number of aliphatic imine (C=N–C) groups is 1. The standard InChI is InChI=1S/C7H14N2O.C3H8/c1-3-9(2)7-8-5-4-6-10-7;1-3-2/h3-6H2,1-2H3;3H2,1-2H3. The summed E-state index contributed by atoms with van der Waals surface area (Å²) in [4.78, 5) is 6.23. The molecule has 0 aliphatic carbocycles. The molecular weight excluding hydrogens is 164 g/mol. The summed E-state index contributed by atoms with van der Waals surface area (Å²) in [6.07, 6.45) is 2.31. The fraction of sp³-hybridized carbons (Fsp3) is 0.900. The maximum atomic E-state index is 5.31. The Morgan fingerprint density at radius 3 is 2.38 bits per heavy atom. The van der Waals surface area contributed by atoms with Crippen LogP contribution in [-0.4, -0.2) is 37.7 Å². The third-order valence-electron chi connectivity index (χ3n) is 1.58. The summed E-state index contributed by atoms with van der Waals surface area (Å²) >= 11 is 0. The van der Waals surface area contributed by atoms with Crippen molar-refractivity contribution in [3.8, 4) is 0 Å². The lowest BCUT2D eigenvalue weighted by molar-refractivity contribution is 0.229. The normalized spacial score (nSPS) is 14.9. The van der Waals surface area contributed by atoms with Crippen molar-refractivity contribution in [2.24, 2.45) is 4.99 Å². The van der Waals surface area contributed by atoms with E-state index in [-0.39, 0.29) is 0 Å². The van der Waals surface area contributed by atoms with E-state index in [9.17, 15) is 0 Å². The van der Waals surface area contributed by atoms with Crippen LogP contribution in [0.5, 0.6) is 0 Å². The second kappa shape index (κ2) is 7.90. The number of nitrogens with zero attached hydrogens (tertiary/aromatic N) is 2. The van der Waals surface area contributed by atoms with Gasteiger partial charge in [0.2, 0.25) is 0 Å². The first-order valence-corrected chi connectivity index (χ1v) is 5.14. The Labute approximate surface area is 81.8 Å². The largest absolute Gasteiger partial charge is 0.465 e. The van der Waals surface area contributed by atoms with Gasteiger partial charge in [0.1, 0.15) is 0 Å². The number of hydrogen-bond donors (Lipinski definition) is 0. The van der Waals surface area contributed by atoms with Crippen LogP contribution in [0.15, 0.2) is 4.99 Å². The highest BCUT2D eigenvalue weighted by atomic mass is 16.5. The molecule has 1 rings (SSSR count). The van der Waals surface area contributed by atoms with E-state index in [1.807, 2.05) is 11.9 Å². The van der Waals surface area contributed by atoms with Gasteiger partial charge in [-0.3, -0.25) is 0 Å². The Hall–Kier alpha value is -0.730. The molecule has 0 N–H and O–H groups in total. The maximum Gasteiger partial charge on any atom is 0.287 e. The molecule has 1 heterocycles. The third-order valence-corrected chi connectivity index (χ3v) is 1.58. The van der Waals surface area contributed by atoms with Crippen LogP contribution >= 0.6 is 0 Å². The number of rotatable bonds is 1. The van der Waals surface area contributed by atoms with Crippen LogP contribution in [0.2, 0.25) is 0 Å². The van der Waals surface area contributed by atoms with E-state index in [0.717, 1.165) is 32.1 Å². The lowest BCUT2D eigenvalue weighted by Crippen LogP contribution is -2.31. The zero-order valence-corrected chi connectivity index (χ0v) is 9.34. The van der Waals surface area contributed by atoms with Crippen LogP contribution in [0, 0.1) is 0 Å². The van der Waals surface area contributed by atoms with Crippen molar-refractivity contribution in [3.63, 3.8) is 0 Å². The van der Waals surface area contributed by atoms with Crippen LogP contribution in [0.4, 0.5) is 0 Å². The number of ether oxygens (including phenoxy) is 1. The van der Waals surface area contributed by atoms with Crippen molar-refractivity contribution in [2.75, 3.05) is 26.7 Å². The zero-order valence-electron chi connectivity index (χ0n) is 9.34. The molecule has 0 aromatic rings. The molecule has 0 saturated heterocycles. The van der Waals surface area contributed by atoms with Crippen LogP contribution in [0.1, 0.15) is 33.6 Å². The summed E-state index contributed by atoms with van der Waals surface area (Å²) in [5.41, 5.74) is 0. The average Bonchev–Trinajstić information content (AvgIpc) is 2.19. The van der Waals surface area contributed by atoms with Gasteiger partial charge in [0.25, 0.3) is 6.02 Å². The first-order chi connectivity index (χ1) is 6.26. The van der Waals surface area contributed by atoms with Crippen molar-refractivity contribution in [3.05, 3.63) is 0 Å². The fourth-order valence-corrected chi connectivity index (χ4v) is 0.815. The van der Waals surface area contributed by atoms with E-state index in [2.05, 4.69) is 25.8 Å². The molecular formula is C10H22N2O. The number of hydrogen-bond acceptors (Lipinski definition) is 3. The number of amidine groups is 1. The molecule has 0 saturated carbocycles. The minimum atomic E-state index is 0.800. The first kappa shape index (κ1) is 12.3. The fourth-order valence-electron chi connectivity index (χ4n) is 0.815. The molecule has 0 atom stereocenters. The minimum Gasteiger partial charge on any atom is -0.465 e. The Morgan fingerprint density at radius 1 is 1.38 bits per heavy atom. The first-order valence-electron chi connectivity index (χ1n) is 5.14. The molecule has 1 aliphatic heterocycles. The van der Waals surface area contributed by atoms with Gasteiger partial charge in [-0.15, -0.1) is 0 Å². The molecule has 0 amide bonds. The van der Waals surface area contributed by atoms with Gasteiger partial charge in [0.15, 0.2) is 0 Å². The molecule has 3 heteroatoms. The van der Waals surface area contributed by atoms with Crippen molar-refractivity contribution in [2.45, 2.75) is 33.6 Å².